The van der Waals surface area contributed by atoms with E-state index in [1.165, 1.54) is 23.1 Å². The van der Waals surface area contributed by atoms with Gasteiger partial charge in [-0.05, 0) is 80.0 Å². The van der Waals surface area contributed by atoms with Crippen LogP contribution in [0.2, 0.25) is 0 Å². The molecule has 1 aromatic carbocycles. The molecule has 3 aromatic heterocycles. The van der Waals surface area contributed by atoms with Crippen LogP contribution in [0.25, 0.3) is 16.7 Å². The van der Waals surface area contributed by atoms with E-state index in [-0.39, 0.29) is 11.7 Å². The maximum Gasteiger partial charge on any atom is 0.274 e. The van der Waals surface area contributed by atoms with Crippen molar-refractivity contribution in [3.05, 3.63) is 77.1 Å². The molecule has 4 heterocycles. The zero-order valence-electron chi connectivity index (χ0n) is 17.7. The van der Waals surface area contributed by atoms with Crippen molar-refractivity contribution >= 4 is 16.9 Å². The van der Waals surface area contributed by atoms with Gasteiger partial charge in [-0.2, -0.15) is 5.10 Å². The van der Waals surface area contributed by atoms with E-state index in [0.717, 1.165) is 54.7 Å². The molecule has 1 fully saturated rings. The van der Waals surface area contributed by atoms with E-state index in [4.69, 9.17) is 5.10 Å². The van der Waals surface area contributed by atoms with Crippen LogP contribution in [0, 0.1) is 5.82 Å². The van der Waals surface area contributed by atoms with Crippen LogP contribution in [0.15, 0.2) is 48.8 Å². The van der Waals surface area contributed by atoms with Crippen LogP contribution >= 0.6 is 0 Å². The van der Waals surface area contributed by atoms with Gasteiger partial charge in [-0.3, -0.25) is 4.79 Å². The van der Waals surface area contributed by atoms with E-state index in [0.29, 0.717) is 24.7 Å². The summed E-state index contributed by atoms with van der Waals surface area (Å²) in [7, 11) is 0. The third-order valence-corrected chi connectivity index (χ3v) is 6.91. The number of H-pyrrole nitrogens is 1. The van der Waals surface area contributed by atoms with E-state index >= 15 is 0 Å². The Kier molecular flexibility index (Phi) is 4.56. The Hall–Kier alpha value is -3.48. The molecule has 1 amide bonds. The number of aromatic amines is 1. The summed E-state index contributed by atoms with van der Waals surface area (Å²) >= 11 is 0. The van der Waals surface area contributed by atoms with Gasteiger partial charge >= 0.3 is 0 Å². The predicted molar refractivity (Wildman–Crippen MR) is 120 cm³/mol. The van der Waals surface area contributed by atoms with Gasteiger partial charge in [0.2, 0.25) is 0 Å². The monoisotopic (exact) mass is 429 g/mol. The van der Waals surface area contributed by atoms with Gasteiger partial charge < -0.3 is 9.88 Å². The first-order valence-corrected chi connectivity index (χ1v) is 11.3. The normalized spacial score (nSPS) is 16.6. The summed E-state index contributed by atoms with van der Waals surface area (Å²) in [6, 6.07) is 10.4. The minimum atomic E-state index is -0.275. The van der Waals surface area contributed by atoms with Gasteiger partial charge in [0, 0.05) is 42.1 Å². The molecule has 162 valence electrons. The number of pyridine rings is 1. The lowest BCUT2D eigenvalue weighted by molar-refractivity contribution is 0.0705. The van der Waals surface area contributed by atoms with E-state index in [9.17, 15) is 9.18 Å². The Bertz CT molecular complexity index is 1300. The number of hydrogen-bond acceptors (Lipinski definition) is 3. The SMILES string of the molecule is O=C(c1nn(-c2ccc(F)cc2)c2c1CCC2)N1CCC(c2c[nH]c3ncccc23)CC1. The minimum absolute atomic E-state index is 0.0167. The molecule has 1 saturated heterocycles. The van der Waals surface area contributed by atoms with Crippen LogP contribution in [0.1, 0.15) is 52.5 Å². The molecule has 4 aromatic rings. The molecule has 0 radical (unpaired) electrons. The smallest absolute Gasteiger partial charge is 0.274 e. The second-order valence-corrected chi connectivity index (χ2v) is 8.73. The minimum Gasteiger partial charge on any atom is -0.346 e. The number of rotatable bonds is 3. The number of aromatic nitrogens is 4. The van der Waals surface area contributed by atoms with Gasteiger partial charge in [-0.25, -0.2) is 14.1 Å². The standard InChI is InChI=1S/C25H24FN5O/c26-17-6-8-18(9-7-17)31-22-5-1-3-20(22)23(29-31)25(32)30-13-10-16(11-14-30)21-15-28-24-19(21)4-2-12-27-24/h2,4,6-9,12,15-16H,1,3,5,10-11,13-14H2,(H,27,28). The van der Waals surface area contributed by atoms with Gasteiger partial charge in [0.1, 0.15) is 11.5 Å². The molecular formula is C25H24FN5O. The summed E-state index contributed by atoms with van der Waals surface area (Å²) in [5, 5.41) is 5.88. The fraction of sp³-hybridized carbons (Fsp3) is 0.320. The predicted octanol–water partition coefficient (Wildman–Crippen LogP) is 4.40. The van der Waals surface area contributed by atoms with Crippen LogP contribution in [0.5, 0.6) is 0 Å². The Balaban J connectivity index is 1.23. The quantitative estimate of drug-likeness (QED) is 0.525. The fourth-order valence-corrected chi connectivity index (χ4v) is 5.26. The van der Waals surface area contributed by atoms with Gasteiger partial charge in [0.25, 0.3) is 5.91 Å². The lowest BCUT2D eigenvalue weighted by Crippen LogP contribution is -2.38. The summed E-state index contributed by atoms with van der Waals surface area (Å²) in [6.45, 7) is 1.43. The molecule has 0 saturated carbocycles. The van der Waals surface area contributed by atoms with E-state index in [2.05, 4.69) is 22.2 Å². The van der Waals surface area contributed by atoms with Crippen molar-refractivity contribution in [2.45, 2.75) is 38.0 Å². The zero-order valence-corrected chi connectivity index (χ0v) is 17.7. The fourth-order valence-electron chi connectivity index (χ4n) is 5.26. The summed E-state index contributed by atoms with van der Waals surface area (Å²) in [4.78, 5) is 23.0. The Morgan fingerprint density at radius 1 is 1.09 bits per heavy atom. The van der Waals surface area contributed by atoms with Crippen molar-refractivity contribution in [2.24, 2.45) is 0 Å². The van der Waals surface area contributed by atoms with E-state index < -0.39 is 0 Å². The largest absolute Gasteiger partial charge is 0.346 e. The first-order chi connectivity index (χ1) is 15.7. The van der Waals surface area contributed by atoms with Crippen LogP contribution in [-0.2, 0) is 12.8 Å². The highest BCUT2D eigenvalue weighted by molar-refractivity contribution is 5.94. The number of carbonyl (C=O) groups is 1. The second kappa shape index (κ2) is 7.58. The van der Waals surface area contributed by atoms with Crippen molar-refractivity contribution in [1.82, 2.24) is 24.6 Å². The summed E-state index contributed by atoms with van der Waals surface area (Å²) in [5.74, 6) is 0.158. The molecule has 0 bridgehead atoms. The van der Waals surface area contributed by atoms with Crippen molar-refractivity contribution in [1.29, 1.82) is 0 Å². The highest BCUT2D eigenvalue weighted by Crippen LogP contribution is 2.34. The van der Waals surface area contributed by atoms with E-state index in [1.807, 2.05) is 15.6 Å². The number of piperidine rings is 1. The molecule has 0 spiro atoms. The molecule has 6 nitrogen and oxygen atoms in total. The highest BCUT2D eigenvalue weighted by atomic mass is 19.1. The number of fused-ring (bicyclic) bond motifs is 2. The van der Waals surface area contributed by atoms with Crippen molar-refractivity contribution < 1.29 is 9.18 Å². The number of hydrogen-bond donors (Lipinski definition) is 1. The van der Waals surface area contributed by atoms with Crippen molar-refractivity contribution in [2.75, 3.05) is 13.1 Å². The topological polar surface area (TPSA) is 66.8 Å². The van der Waals surface area contributed by atoms with Gasteiger partial charge in [-0.1, -0.05) is 0 Å². The number of halogens is 1. The molecule has 1 aliphatic heterocycles. The summed E-state index contributed by atoms with van der Waals surface area (Å²) < 4.78 is 15.2. The molecule has 2 aliphatic rings. The average Bonchev–Trinajstić information content (AvgIpc) is 3.55. The summed E-state index contributed by atoms with van der Waals surface area (Å²) in [6.07, 6.45) is 8.50. The molecule has 6 rings (SSSR count). The van der Waals surface area contributed by atoms with Crippen molar-refractivity contribution in [3.8, 4) is 5.69 Å². The zero-order chi connectivity index (χ0) is 21.7. The maximum absolute atomic E-state index is 13.4. The summed E-state index contributed by atoms with van der Waals surface area (Å²) in [5.41, 5.74) is 5.72. The van der Waals surface area contributed by atoms with Gasteiger partial charge in [0.05, 0.1) is 5.69 Å². The Morgan fingerprint density at radius 2 is 1.91 bits per heavy atom. The molecule has 32 heavy (non-hydrogen) atoms. The Labute approximate surface area is 185 Å². The first kappa shape index (κ1) is 19.2. The molecule has 0 atom stereocenters. The molecule has 1 N–H and O–H groups in total. The Morgan fingerprint density at radius 3 is 2.72 bits per heavy atom. The van der Waals surface area contributed by atoms with Crippen molar-refractivity contribution in [3.63, 3.8) is 0 Å². The molecule has 0 unspecified atom stereocenters. The van der Waals surface area contributed by atoms with Crippen LogP contribution in [-0.4, -0.2) is 43.6 Å². The number of likely N-dealkylation sites (tertiary alicyclic amines) is 1. The molecular weight excluding hydrogens is 405 g/mol. The highest BCUT2D eigenvalue weighted by Gasteiger charge is 2.32. The van der Waals surface area contributed by atoms with Crippen LogP contribution in [0.3, 0.4) is 0 Å². The lowest BCUT2D eigenvalue weighted by atomic mass is 9.89. The number of nitrogens with one attached hydrogen (secondary N) is 1. The van der Waals surface area contributed by atoms with Crippen LogP contribution < -0.4 is 0 Å². The number of benzene rings is 1. The average molecular weight is 429 g/mol. The molecule has 7 heteroatoms. The molecule has 1 aliphatic carbocycles. The maximum atomic E-state index is 13.4. The third kappa shape index (κ3) is 3.11. The second-order valence-electron chi connectivity index (χ2n) is 8.73. The van der Waals surface area contributed by atoms with Gasteiger partial charge in [0.15, 0.2) is 5.69 Å². The number of amides is 1. The lowest BCUT2D eigenvalue weighted by Gasteiger charge is -2.31. The van der Waals surface area contributed by atoms with Crippen LogP contribution in [0.4, 0.5) is 4.39 Å². The van der Waals surface area contributed by atoms with Gasteiger partial charge in [-0.15, -0.1) is 0 Å². The number of nitrogens with zero attached hydrogens (tertiary/aromatic N) is 4. The first-order valence-electron chi connectivity index (χ1n) is 11.3. The van der Waals surface area contributed by atoms with E-state index in [1.54, 1.807) is 18.3 Å². The third-order valence-electron chi connectivity index (χ3n) is 6.91. The number of carbonyl (C=O) groups excluding carboxylic acids is 1.